The summed E-state index contributed by atoms with van der Waals surface area (Å²) in [6.45, 7) is 1.76. The summed E-state index contributed by atoms with van der Waals surface area (Å²) in [6.07, 6.45) is -4.75. The maximum absolute atomic E-state index is 14.6. The number of anilines is 2. The zero-order valence-corrected chi connectivity index (χ0v) is 17.9. The smallest absolute Gasteiger partial charge is 0.420 e. The highest BCUT2D eigenvalue weighted by Crippen LogP contribution is 2.40. The van der Waals surface area contributed by atoms with Gasteiger partial charge in [-0.3, -0.25) is 5.41 Å². The van der Waals surface area contributed by atoms with Crippen LogP contribution in [0.1, 0.15) is 28.4 Å². The first-order valence-electron chi connectivity index (χ1n) is 9.57. The molecule has 33 heavy (non-hydrogen) atoms. The second kappa shape index (κ2) is 9.91. The molecule has 2 N–H and O–H groups in total. The largest absolute Gasteiger partial charge is 0.462 e. The van der Waals surface area contributed by atoms with Crippen LogP contribution in [-0.2, 0) is 10.9 Å². The van der Waals surface area contributed by atoms with Crippen molar-refractivity contribution in [2.24, 2.45) is 0 Å². The molecule has 172 valence electrons. The van der Waals surface area contributed by atoms with Crippen molar-refractivity contribution in [1.29, 1.82) is 5.41 Å². The summed E-state index contributed by atoms with van der Waals surface area (Å²) in [4.78, 5) is 11.8. The number of hydrogen-bond acceptors (Lipinski definition) is 5. The highest BCUT2D eigenvalue weighted by Gasteiger charge is 2.36. The Morgan fingerprint density at radius 3 is 2.45 bits per heavy atom. The van der Waals surface area contributed by atoms with Crippen molar-refractivity contribution < 1.29 is 31.8 Å². The van der Waals surface area contributed by atoms with Gasteiger partial charge in [0, 0.05) is 0 Å². The van der Waals surface area contributed by atoms with Gasteiger partial charge in [-0.2, -0.15) is 13.2 Å². The number of nitrogens with one attached hydrogen (secondary N) is 2. The summed E-state index contributed by atoms with van der Waals surface area (Å²) < 4.78 is 64.6. The molecule has 10 heteroatoms. The number of esters is 1. The van der Waals surface area contributed by atoms with Gasteiger partial charge < -0.3 is 14.8 Å². The van der Waals surface area contributed by atoms with Crippen molar-refractivity contribution in [3.8, 4) is 5.75 Å². The Bertz CT molecular complexity index is 1200. The van der Waals surface area contributed by atoms with E-state index in [0.29, 0.717) is 0 Å². The number of carbonyl (C=O) groups excluding carboxylic acids is 1. The van der Waals surface area contributed by atoms with Crippen LogP contribution >= 0.6 is 11.6 Å². The first-order chi connectivity index (χ1) is 15.6. The molecule has 0 bridgehead atoms. The van der Waals surface area contributed by atoms with Crippen molar-refractivity contribution in [2.45, 2.75) is 13.1 Å². The molecular formula is C23H17ClF4N2O3. The Morgan fingerprint density at radius 1 is 1.06 bits per heavy atom. The van der Waals surface area contributed by atoms with Crippen LogP contribution in [0, 0.1) is 11.2 Å². The zero-order valence-electron chi connectivity index (χ0n) is 17.1. The topological polar surface area (TPSA) is 71.4 Å². The van der Waals surface area contributed by atoms with Crippen LogP contribution in [0.5, 0.6) is 5.75 Å². The number of benzene rings is 3. The van der Waals surface area contributed by atoms with Crippen molar-refractivity contribution in [3.05, 3.63) is 88.2 Å². The first-order valence-corrected chi connectivity index (χ1v) is 9.94. The quantitative estimate of drug-likeness (QED) is 0.176. The second-order valence-electron chi connectivity index (χ2n) is 6.63. The van der Waals surface area contributed by atoms with E-state index in [0.717, 1.165) is 18.2 Å². The summed E-state index contributed by atoms with van der Waals surface area (Å²) in [6, 6.07) is 12.8. The molecule has 0 radical (unpaired) electrons. The summed E-state index contributed by atoms with van der Waals surface area (Å²) in [5, 5.41) is 10.7. The molecule has 0 aliphatic rings. The molecular weight excluding hydrogens is 464 g/mol. The van der Waals surface area contributed by atoms with Gasteiger partial charge in [-0.05, 0) is 49.4 Å². The molecule has 0 saturated heterocycles. The van der Waals surface area contributed by atoms with E-state index in [9.17, 15) is 22.4 Å². The highest BCUT2D eigenvalue weighted by molar-refractivity contribution is 6.32. The van der Waals surface area contributed by atoms with E-state index >= 15 is 0 Å². The van der Waals surface area contributed by atoms with Gasteiger partial charge in [-0.25, -0.2) is 9.18 Å². The minimum atomic E-state index is -4.75. The molecule has 0 saturated carbocycles. The van der Waals surface area contributed by atoms with Crippen molar-refractivity contribution in [1.82, 2.24) is 0 Å². The Kier molecular flexibility index (Phi) is 7.23. The van der Waals surface area contributed by atoms with Gasteiger partial charge in [-0.15, -0.1) is 0 Å². The number of rotatable bonds is 6. The Hall–Kier alpha value is -3.59. The third-order valence-electron chi connectivity index (χ3n) is 4.40. The van der Waals surface area contributed by atoms with Gasteiger partial charge in [-0.1, -0.05) is 29.8 Å². The molecule has 0 unspecified atom stereocenters. The van der Waals surface area contributed by atoms with Crippen LogP contribution in [-0.4, -0.2) is 18.5 Å². The van der Waals surface area contributed by atoms with Gasteiger partial charge in [0.2, 0.25) is 5.90 Å². The number of carbonyl (C=O) groups is 1. The molecule has 0 heterocycles. The van der Waals surface area contributed by atoms with Crippen molar-refractivity contribution >= 4 is 34.8 Å². The van der Waals surface area contributed by atoms with Crippen LogP contribution in [0.3, 0.4) is 0 Å². The predicted molar refractivity (Wildman–Crippen MR) is 116 cm³/mol. The van der Waals surface area contributed by atoms with Gasteiger partial charge in [0.05, 0.1) is 39.7 Å². The van der Waals surface area contributed by atoms with E-state index in [1.807, 2.05) is 0 Å². The van der Waals surface area contributed by atoms with E-state index in [1.165, 1.54) is 36.4 Å². The zero-order chi connectivity index (χ0) is 24.2. The van der Waals surface area contributed by atoms with E-state index in [2.05, 4.69) is 5.32 Å². The lowest BCUT2D eigenvalue weighted by molar-refractivity contribution is -0.138. The molecule has 0 aliphatic heterocycles. The van der Waals surface area contributed by atoms with E-state index < -0.39 is 35.2 Å². The Morgan fingerprint density at radius 2 is 1.79 bits per heavy atom. The lowest BCUT2D eigenvalue weighted by atomic mass is 10.1. The lowest BCUT2D eigenvalue weighted by Gasteiger charge is -2.17. The molecule has 0 spiro atoms. The third kappa shape index (κ3) is 5.61. The minimum absolute atomic E-state index is 0.0164. The van der Waals surface area contributed by atoms with Gasteiger partial charge in [0.1, 0.15) is 5.82 Å². The number of halogens is 5. The molecule has 0 amide bonds. The van der Waals surface area contributed by atoms with Crippen LogP contribution in [0.4, 0.5) is 28.9 Å². The van der Waals surface area contributed by atoms with Gasteiger partial charge in [0.15, 0.2) is 5.75 Å². The molecule has 0 fully saturated rings. The standard InChI is InChI=1S/C23H17ClF4N2O3/c1-2-32-22(31)13-10-11-19(17(25)12-13)30-18-9-4-3-6-14(18)21(29)33-20-15(23(26,27)28)7-5-8-16(20)24/h3-12,29-30H,2H2,1H3. The van der Waals surface area contributed by atoms with E-state index in [-0.39, 0.29) is 34.1 Å². The molecule has 0 aliphatic carbocycles. The maximum atomic E-state index is 14.6. The third-order valence-corrected chi connectivity index (χ3v) is 4.70. The van der Waals surface area contributed by atoms with Crippen LogP contribution in [0.15, 0.2) is 60.7 Å². The van der Waals surface area contributed by atoms with E-state index in [1.54, 1.807) is 13.0 Å². The summed E-state index contributed by atoms with van der Waals surface area (Å²) in [5.74, 6) is -2.80. The predicted octanol–water partition coefficient (Wildman–Crippen LogP) is 6.82. The molecule has 3 aromatic carbocycles. The molecule has 3 aromatic rings. The van der Waals surface area contributed by atoms with Crippen molar-refractivity contribution in [3.63, 3.8) is 0 Å². The fraction of sp³-hybridized carbons (Fsp3) is 0.130. The molecule has 5 nitrogen and oxygen atoms in total. The van der Waals surface area contributed by atoms with E-state index in [4.69, 9.17) is 26.5 Å². The van der Waals surface area contributed by atoms with Crippen molar-refractivity contribution in [2.75, 3.05) is 11.9 Å². The van der Waals surface area contributed by atoms with Crippen LogP contribution in [0.25, 0.3) is 0 Å². The van der Waals surface area contributed by atoms with Crippen LogP contribution in [0.2, 0.25) is 5.02 Å². The average Bonchev–Trinajstić information content (AvgIpc) is 2.76. The van der Waals surface area contributed by atoms with Gasteiger partial charge >= 0.3 is 12.1 Å². The number of hydrogen-bond donors (Lipinski definition) is 2. The molecule has 3 rings (SSSR count). The Balaban J connectivity index is 1.89. The second-order valence-corrected chi connectivity index (χ2v) is 7.04. The first kappa shape index (κ1) is 24.1. The fourth-order valence-electron chi connectivity index (χ4n) is 2.89. The summed E-state index contributed by atoms with van der Waals surface area (Å²) >= 11 is 5.90. The number of para-hydroxylation sites is 2. The molecule has 0 aromatic heterocycles. The summed E-state index contributed by atoms with van der Waals surface area (Å²) in [7, 11) is 0. The molecule has 0 atom stereocenters. The number of ether oxygens (including phenoxy) is 2. The fourth-order valence-corrected chi connectivity index (χ4v) is 3.10. The number of alkyl halides is 3. The average molecular weight is 481 g/mol. The SMILES string of the molecule is CCOC(=O)c1ccc(Nc2ccccc2C(=N)Oc2c(Cl)cccc2C(F)(F)F)c(F)c1. The monoisotopic (exact) mass is 480 g/mol. The summed E-state index contributed by atoms with van der Waals surface area (Å²) in [5.41, 5.74) is -0.907. The maximum Gasteiger partial charge on any atom is 0.420 e. The highest BCUT2D eigenvalue weighted by atomic mass is 35.5. The lowest BCUT2D eigenvalue weighted by Crippen LogP contribution is -2.15. The van der Waals surface area contributed by atoms with Gasteiger partial charge in [0.25, 0.3) is 0 Å². The minimum Gasteiger partial charge on any atom is -0.462 e. The normalized spacial score (nSPS) is 11.1. The Labute approximate surface area is 191 Å². The van der Waals surface area contributed by atoms with Crippen LogP contribution < -0.4 is 10.1 Å².